The highest BCUT2D eigenvalue weighted by atomic mass is 14.9. The van der Waals surface area contributed by atoms with Gasteiger partial charge in [0.1, 0.15) is 0 Å². The molecule has 1 N–H and O–H groups in total. The summed E-state index contributed by atoms with van der Waals surface area (Å²) in [6, 6.07) is 0. The molecule has 13 heavy (non-hydrogen) atoms. The van der Waals surface area contributed by atoms with E-state index >= 15 is 0 Å². The Morgan fingerprint density at radius 2 is 1.92 bits per heavy atom. The van der Waals surface area contributed by atoms with E-state index in [4.69, 9.17) is 0 Å². The Morgan fingerprint density at radius 1 is 1.31 bits per heavy atom. The number of hydrogen-bond acceptors (Lipinski definition) is 1. The van der Waals surface area contributed by atoms with Gasteiger partial charge < -0.3 is 5.32 Å². The molecule has 74 valence electrons. The van der Waals surface area contributed by atoms with Crippen LogP contribution in [0.1, 0.15) is 27.2 Å². The fraction of sp³-hybridized carbons (Fsp3) is 0.500. The van der Waals surface area contributed by atoms with Crippen LogP contribution in [0, 0.1) is 5.92 Å². The average Bonchev–Trinajstić information content (AvgIpc) is 2.20. The quantitative estimate of drug-likeness (QED) is 0.686. The van der Waals surface area contributed by atoms with Crippen LogP contribution in [0.25, 0.3) is 0 Å². The van der Waals surface area contributed by atoms with Gasteiger partial charge >= 0.3 is 0 Å². The molecule has 0 fully saturated rings. The van der Waals surface area contributed by atoms with Crippen LogP contribution in [0.2, 0.25) is 0 Å². The molecule has 0 aromatic heterocycles. The Balaban J connectivity index is 0.000000671. The zero-order valence-corrected chi connectivity index (χ0v) is 9.06. The van der Waals surface area contributed by atoms with Gasteiger partial charge in [0.25, 0.3) is 0 Å². The van der Waals surface area contributed by atoms with Gasteiger partial charge in [0.05, 0.1) is 0 Å². The minimum Gasteiger partial charge on any atom is -0.385 e. The van der Waals surface area contributed by atoms with Gasteiger partial charge in [-0.05, 0) is 24.0 Å². The van der Waals surface area contributed by atoms with Crippen LogP contribution in [0.4, 0.5) is 0 Å². The fourth-order valence-corrected chi connectivity index (χ4v) is 1.45. The van der Waals surface area contributed by atoms with Crippen molar-refractivity contribution in [3.8, 4) is 0 Å². The van der Waals surface area contributed by atoms with Crippen LogP contribution < -0.4 is 5.32 Å². The summed E-state index contributed by atoms with van der Waals surface area (Å²) in [5.74, 6) is 0.627. The maximum atomic E-state index is 3.79. The van der Waals surface area contributed by atoms with Gasteiger partial charge in [-0.25, -0.2) is 0 Å². The van der Waals surface area contributed by atoms with Gasteiger partial charge in [-0.15, -0.1) is 0 Å². The van der Waals surface area contributed by atoms with Crippen molar-refractivity contribution in [3.05, 3.63) is 36.6 Å². The molecule has 0 saturated carbocycles. The average molecular weight is 179 g/mol. The number of rotatable bonds is 2. The summed E-state index contributed by atoms with van der Waals surface area (Å²) >= 11 is 0. The molecule has 1 heterocycles. The topological polar surface area (TPSA) is 12.0 Å². The van der Waals surface area contributed by atoms with E-state index < -0.39 is 0 Å². The lowest BCUT2D eigenvalue weighted by Gasteiger charge is -2.23. The van der Waals surface area contributed by atoms with Crippen molar-refractivity contribution >= 4 is 0 Å². The van der Waals surface area contributed by atoms with E-state index in [0.29, 0.717) is 5.92 Å². The second kappa shape index (κ2) is 6.53. The Hall–Kier alpha value is -0.980. The van der Waals surface area contributed by atoms with Gasteiger partial charge in [-0.1, -0.05) is 40.0 Å². The van der Waals surface area contributed by atoms with Crippen LogP contribution in [-0.2, 0) is 0 Å². The predicted octanol–water partition coefficient (Wildman–Crippen LogP) is 3.27. The van der Waals surface area contributed by atoms with E-state index in [9.17, 15) is 0 Å². The summed E-state index contributed by atoms with van der Waals surface area (Å²) in [6.07, 6.45) is 4.99. The number of hydrogen-bond donors (Lipinski definition) is 1. The maximum absolute atomic E-state index is 3.79. The zero-order valence-electron chi connectivity index (χ0n) is 9.06. The molecule has 1 aliphatic heterocycles. The maximum Gasteiger partial charge on any atom is 0.0369 e. The van der Waals surface area contributed by atoms with E-state index in [1.54, 1.807) is 0 Å². The SMILES string of the molecule is C=CC1=C(C=C)C(C)CCN1.CC. The second-order valence-electron chi connectivity index (χ2n) is 2.89. The highest BCUT2D eigenvalue weighted by molar-refractivity contribution is 5.33. The van der Waals surface area contributed by atoms with E-state index in [1.165, 1.54) is 12.0 Å². The van der Waals surface area contributed by atoms with Crippen LogP contribution in [0.3, 0.4) is 0 Å². The van der Waals surface area contributed by atoms with E-state index in [-0.39, 0.29) is 0 Å². The molecule has 1 rings (SSSR count). The van der Waals surface area contributed by atoms with Crippen molar-refractivity contribution in [3.63, 3.8) is 0 Å². The van der Waals surface area contributed by atoms with E-state index in [2.05, 4.69) is 25.4 Å². The standard InChI is InChI=1S/C10H15N.C2H6/c1-4-9-8(3)6-7-11-10(9)5-2;1-2/h4-5,8,11H,1-2,6-7H2,3H3;1-2H3. The molecule has 0 saturated heterocycles. The lowest BCUT2D eigenvalue weighted by atomic mass is 9.92. The number of nitrogens with one attached hydrogen (secondary N) is 1. The first-order valence-electron chi connectivity index (χ1n) is 5.02. The Bertz CT molecular complexity index is 201. The van der Waals surface area contributed by atoms with Crippen LogP contribution >= 0.6 is 0 Å². The highest BCUT2D eigenvalue weighted by Crippen LogP contribution is 2.22. The van der Waals surface area contributed by atoms with Gasteiger partial charge in [0, 0.05) is 12.2 Å². The molecule has 0 aliphatic carbocycles. The first-order chi connectivity index (χ1) is 6.29. The summed E-state index contributed by atoms with van der Waals surface area (Å²) in [5, 5.41) is 3.29. The highest BCUT2D eigenvalue weighted by Gasteiger charge is 2.13. The molecular weight excluding hydrogens is 158 g/mol. The van der Waals surface area contributed by atoms with Crippen molar-refractivity contribution in [1.82, 2.24) is 5.32 Å². The molecular formula is C12H21N. The molecule has 0 amide bonds. The summed E-state index contributed by atoms with van der Waals surface area (Å²) in [7, 11) is 0. The first kappa shape index (κ1) is 12.0. The molecule has 1 atom stereocenters. The molecule has 1 nitrogen and oxygen atoms in total. The molecule has 1 unspecified atom stereocenters. The first-order valence-corrected chi connectivity index (χ1v) is 5.02. The third-order valence-corrected chi connectivity index (χ3v) is 2.16. The fourth-order valence-electron chi connectivity index (χ4n) is 1.45. The molecule has 0 spiro atoms. The molecule has 0 radical (unpaired) electrons. The van der Waals surface area contributed by atoms with Gasteiger partial charge in [-0.2, -0.15) is 0 Å². The zero-order chi connectivity index (χ0) is 10.3. The lowest BCUT2D eigenvalue weighted by molar-refractivity contribution is 0.554. The van der Waals surface area contributed by atoms with Crippen molar-refractivity contribution < 1.29 is 0 Å². The summed E-state index contributed by atoms with van der Waals surface area (Å²) in [5.41, 5.74) is 2.45. The molecule has 0 aromatic rings. The second-order valence-corrected chi connectivity index (χ2v) is 2.89. The largest absolute Gasteiger partial charge is 0.385 e. The smallest absolute Gasteiger partial charge is 0.0369 e. The van der Waals surface area contributed by atoms with Crippen LogP contribution in [-0.4, -0.2) is 6.54 Å². The van der Waals surface area contributed by atoms with E-state index in [1.807, 2.05) is 26.0 Å². The third-order valence-electron chi connectivity index (χ3n) is 2.16. The lowest BCUT2D eigenvalue weighted by Crippen LogP contribution is -2.24. The van der Waals surface area contributed by atoms with Crippen LogP contribution in [0.15, 0.2) is 36.6 Å². The summed E-state index contributed by atoms with van der Waals surface area (Å²) in [4.78, 5) is 0. The Morgan fingerprint density at radius 3 is 2.31 bits per heavy atom. The van der Waals surface area contributed by atoms with Gasteiger partial charge in [0.2, 0.25) is 0 Å². The van der Waals surface area contributed by atoms with Crippen molar-refractivity contribution in [2.45, 2.75) is 27.2 Å². The van der Waals surface area contributed by atoms with Gasteiger partial charge in [0.15, 0.2) is 0 Å². The predicted molar refractivity (Wildman–Crippen MR) is 60.6 cm³/mol. The molecule has 1 aliphatic rings. The minimum atomic E-state index is 0.627. The minimum absolute atomic E-state index is 0.627. The molecule has 1 heteroatoms. The monoisotopic (exact) mass is 179 g/mol. The third kappa shape index (κ3) is 3.10. The normalized spacial score (nSPS) is 21.0. The Labute approximate surface area is 82.2 Å². The summed E-state index contributed by atoms with van der Waals surface area (Å²) < 4.78 is 0. The summed E-state index contributed by atoms with van der Waals surface area (Å²) in [6.45, 7) is 14.8. The molecule has 0 aromatic carbocycles. The van der Waals surface area contributed by atoms with Crippen molar-refractivity contribution in [1.29, 1.82) is 0 Å². The van der Waals surface area contributed by atoms with Gasteiger partial charge in [-0.3, -0.25) is 0 Å². The van der Waals surface area contributed by atoms with Crippen molar-refractivity contribution in [2.24, 2.45) is 5.92 Å². The van der Waals surface area contributed by atoms with Crippen LogP contribution in [0.5, 0.6) is 0 Å². The molecule has 0 bridgehead atoms. The van der Waals surface area contributed by atoms with Crippen molar-refractivity contribution in [2.75, 3.05) is 6.54 Å². The number of allylic oxidation sites excluding steroid dienone is 3. The Kier molecular flexibility index (Phi) is 6.03. The van der Waals surface area contributed by atoms with E-state index in [0.717, 1.165) is 12.2 Å².